The van der Waals surface area contributed by atoms with E-state index in [4.69, 9.17) is 9.47 Å². The summed E-state index contributed by atoms with van der Waals surface area (Å²) >= 11 is 1.71. The Bertz CT molecular complexity index is 590. The molecule has 1 aliphatic rings. The van der Waals surface area contributed by atoms with Gasteiger partial charge in [0, 0.05) is 23.8 Å². The monoisotopic (exact) mass is 288 g/mol. The van der Waals surface area contributed by atoms with E-state index in [0.717, 1.165) is 23.7 Å². The molecule has 5 heteroatoms. The number of nitrogens with zero attached hydrogens (tertiary/aromatic N) is 1. The Morgan fingerprint density at radius 1 is 1.25 bits per heavy atom. The Morgan fingerprint density at radius 3 is 2.75 bits per heavy atom. The van der Waals surface area contributed by atoms with E-state index < -0.39 is 0 Å². The van der Waals surface area contributed by atoms with Gasteiger partial charge < -0.3 is 14.8 Å². The van der Waals surface area contributed by atoms with Gasteiger partial charge in [0.1, 0.15) is 13.2 Å². The summed E-state index contributed by atoms with van der Waals surface area (Å²) in [7, 11) is 0. The number of hydrogen-bond donors (Lipinski definition) is 1. The number of anilines is 1. The van der Waals surface area contributed by atoms with E-state index in [-0.39, 0.29) is 0 Å². The summed E-state index contributed by atoms with van der Waals surface area (Å²) in [6.45, 7) is 1.97. The van der Waals surface area contributed by atoms with Crippen molar-refractivity contribution in [1.29, 1.82) is 0 Å². The van der Waals surface area contributed by atoms with Crippen LogP contribution >= 0.6 is 11.8 Å². The largest absolute Gasteiger partial charge is 0.486 e. The normalized spacial score (nSPS) is 13.1. The van der Waals surface area contributed by atoms with Crippen molar-refractivity contribution < 1.29 is 9.47 Å². The van der Waals surface area contributed by atoms with E-state index in [2.05, 4.69) is 28.7 Å². The Kier molecular flexibility index (Phi) is 3.97. The third-order valence-electron chi connectivity index (χ3n) is 3.09. The maximum atomic E-state index is 5.64. The van der Waals surface area contributed by atoms with Gasteiger partial charge in [0.2, 0.25) is 0 Å². The van der Waals surface area contributed by atoms with Gasteiger partial charge in [-0.2, -0.15) is 0 Å². The van der Waals surface area contributed by atoms with Crippen molar-refractivity contribution in [1.82, 2.24) is 4.98 Å². The SMILES string of the molecule is CSc1cc2c(cc1CNc1cccnc1)OCCO2. The molecule has 20 heavy (non-hydrogen) atoms. The number of ether oxygens (including phenoxy) is 2. The van der Waals surface area contributed by atoms with Crippen LogP contribution in [0, 0.1) is 0 Å². The first-order chi connectivity index (χ1) is 9.86. The van der Waals surface area contributed by atoms with Gasteiger partial charge in [-0.25, -0.2) is 0 Å². The second-order valence-electron chi connectivity index (χ2n) is 4.40. The zero-order valence-corrected chi connectivity index (χ0v) is 12.1. The van der Waals surface area contributed by atoms with Crippen molar-refractivity contribution in [3.8, 4) is 11.5 Å². The molecule has 3 rings (SSSR count). The predicted molar refractivity (Wildman–Crippen MR) is 80.8 cm³/mol. The first-order valence-corrected chi connectivity index (χ1v) is 7.69. The molecule has 0 unspecified atom stereocenters. The molecule has 0 atom stereocenters. The van der Waals surface area contributed by atoms with Crippen molar-refractivity contribution >= 4 is 17.4 Å². The highest BCUT2D eigenvalue weighted by atomic mass is 32.2. The van der Waals surface area contributed by atoms with E-state index in [1.54, 1.807) is 18.0 Å². The average molecular weight is 288 g/mol. The van der Waals surface area contributed by atoms with Gasteiger partial charge in [-0.05, 0) is 36.1 Å². The highest BCUT2D eigenvalue weighted by molar-refractivity contribution is 7.98. The first kappa shape index (κ1) is 13.1. The van der Waals surface area contributed by atoms with Crippen LogP contribution in [0.25, 0.3) is 0 Å². The molecule has 0 bridgehead atoms. The van der Waals surface area contributed by atoms with Crippen molar-refractivity contribution in [2.45, 2.75) is 11.4 Å². The molecule has 1 aromatic carbocycles. The molecule has 2 heterocycles. The molecule has 2 aromatic rings. The van der Waals surface area contributed by atoms with E-state index in [0.29, 0.717) is 13.2 Å². The molecular formula is C15H16N2O2S. The molecule has 0 aliphatic carbocycles. The minimum atomic E-state index is 0.612. The summed E-state index contributed by atoms with van der Waals surface area (Å²) in [5, 5.41) is 3.37. The van der Waals surface area contributed by atoms with Crippen LogP contribution in [0.3, 0.4) is 0 Å². The maximum Gasteiger partial charge on any atom is 0.162 e. The van der Waals surface area contributed by atoms with E-state index >= 15 is 0 Å². The third-order valence-corrected chi connectivity index (χ3v) is 3.91. The summed E-state index contributed by atoms with van der Waals surface area (Å²) in [6, 6.07) is 8.04. The quantitative estimate of drug-likeness (QED) is 0.875. The molecule has 0 radical (unpaired) electrons. The second-order valence-corrected chi connectivity index (χ2v) is 5.25. The fourth-order valence-corrected chi connectivity index (χ4v) is 2.72. The lowest BCUT2D eigenvalue weighted by Crippen LogP contribution is -2.16. The highest BCUT2D eigenvalue weighted by Crippen LogP contribution is 2.36. The van der Waals surface area contributed by atoms with Crippen LogP contribution in [-0.2, 0) is 6.54 Å². The Labute approximate surface area is 122 Å². The average Bonchev–Trinajstić information content (AvgIpc) is 2.53. The topological polar surface area (TPSA) is 43.4 Å². The van der Waals surface area contributed by atoms with Crippen LogP contribution in [-0.4, -0.2) is 24.5 Å². The zero-order chi connectivity index (χ0) is 13.8. The van der Waals surface area contributed by atoms with Crippen LogP contribution in [0.15, 0.2) is 41.6 Å². The van der Waals surface area contributed by atoms with Gasteiger partial charge in [-0.15, -0.1) is 11.8 Å². The third kappa shape index (κ3) is 2.82. The fourth-order valence-electron chi connectivity index (χ4n) is 2.11. The maximum absolute atomic E-state index is 5.64. The van der Waals surface area contributed by atoms with Crippen molar-refractivity contribution in [2.75, 3.05) is 24.8 Å². The van der Waals surface area contributed by atoms with Crippen molar-refractivity contribution in [3.63, 3.8) is 0 Å². The summed E-state index contributed by atoms with van der Waals surface area (Å²) in [4.78, 5) is 5.30. The molecule has 1 aromatic heterocycles. The molecule has 0 fully saturated rings. The second kappa shape index (κ2) is 6.05. The molecule has 0 amide bonds. The Hall–Kier alpha value is -1.88. The summed E-state index contributed by atoms with van der Waals surface area (Å²) in [5.41, 5.74) is 2.21. The summed E-state index contributed by atoms with van der Waals surface area (Å²) < 4.78 is 11.3. The molecule has 0 saturated carbocycles. The Morgan fingerprint density at radius 2 is 2.05 bits per heavy atom. The molecule has 1 aliphatic heterocycles. The van der Waals surface area contributed by atoms with Gasteiger partial charge in [0.05, 0.1) is 5.69 Å². The van der Waals surface area contributed by atoms with Crippen molar-refractivity contribution in [3.05, 3.63) is 42.2 Å². The Balaban J connectivity index is 1.81. The summed E-state index contributed by atoms with van der Waals surface area (Å²) in [5.74, 6) is 1.67. The van der Waals surface area contributed by atoms with E-state index in [1.165, 1.54) is 10.5 Å². The molecule has 104 valence electrons. The minimum absolute atomic E-state index is 0.612. The van der Waals surface area contributed by atoms with Crippen molar-refractivity contribution in [2.24, 2.45) is 0 Å². The number of rotatable bonds is 4. The van der Waals surface area contributed by atoms with Gasteiger partial charge >= 0.3 is 0 Å². The van der Waals surface area contributed by atoms with Gasteiger partial charge in [0.25, 0.3) is 0 Å². The van der Waals surface area contributed by atoms with Gasteiger partial charge in [-0.3, -0.25) is 4.98 Å². The number of hydrogen-bond acceptors (Lipinski definition) is 5. The predicted octanol–water partition coefficient (Wildman–Crippen LogP) is 3.19. The minimum Gasteiger partial charge on any atom is -0.486 e. The lowest BCUT2D eigenvalue weighted by Gasteiger charge is -2.21. The van der Waals surface area contributed by atoms with Crippen LogP contribution in [0.4, 0.5) is 5.69 Å². The number of aromatic nitrogens is 1. The molecule has 4 nitrogen and oxygen atoms in total. The standard InChI is InChI=1S/C15H16N2O2S/c1-20-15-8-14-13(18-5-6-19-14)7-11(15)9-17-12-3-2-4-16-10-12/h2-4,7-8,10,17H,5-6,9H2,1H3. The van der Waals surface area contributed by atoms with Crippen LogP contribution in [0.2, 0.25) is 0 Å². The number of pyridine rings is 1. The van der Waals surface area contributed by atoms with E-state index in [9.17, 15) is 0 Å². The first-order valence-electron chi connectivity index (χ1n) is 6.47. The number of fused-ring (bicyclic) bond motifs is 1. The van der Waals surface area contributed by atoms with Crippen LogP contribution in [0.1, 0.15) is 5.56 Å². The van der Waals surface area contributed by atoms with Gasteiger partial charge in [-0.1, -0.05) is 0 Å². The zero-order valence-electron chi connectivity index (χ0n) is 11.3. The van der Waals surface area contributed by atoms with Gasteiger partial charge in [0.15, 0.2) is 11.5 Å². The highest BCUT2D eigenvalue weighted by Gasteiger charge is 2.15. The van der Waals surface area contributed by atoms with E-state index in [1.807, 2.05) is 18.3 Å². The number of thioether (sulfide) groups is 1. The molecule has 0 saturated heterocycles. The van der Waals surface area contributed by atoms with Crippen LogP contribution < -0.4 is 14.8 Å². The summed E-state index contributed by atoms with van der Waals surface area (Å²) in [6.07, 6.45) is 5.65. The lowest BCUT2D eigenvalue weighted by molar-refractivity contribution is 0.171. The smallest absolute Gasteiger partial charge is 0.162 e. The molecule has 0 spiro atoms. The molecule has 1 N–H and O–H groups in total. The lowest BCUT2D eigenvalue weighted by atomic mass is 10.2. The molecular weight excluding hydrogens is 272 g/mol. The number of nitrogens with one attached hydrogen (secondary N) is 1. The fraction of sp³-hybridized carbons (Fsp3) is 0.267. The number of benzene rings is 1. The van der Waals surface area contributed by atoms with Crippen LogP contribution in [0.5, 0.6) is 11.5 Å².